The van der Waals surface area contributed by atoms with E-state index in [1.54, 1.807) is 0 Å². The third-order valence-electron chi connectivity index (χ3n) is 4.77. The fourth-order valence-electron chi connectivity index (χ4n) is 2.97. The Morgan fingerprint density at radius 3 is 2.50 bits per heavy atom. The molecule has 0 aromatic rings. The summed E-state index contributed by atoms with van der Waals surface area (Å²) in [5, 5.41) is 3.06. The van der Waals surface area contributed by atoms with Gasteiger partial charge in [-0.25, -0.2) is 0 Å². The fraction of sp³-hybridized carbons (Fsp3) is 0.938. The zero-order valence-corrected chi connectivity index (χ0v) is 13.6. The van der Waals surface area contributed by atoms with Crippen molar-refractivity contribution in [2.24, 2.45) is 11.1 Å². The summed E-state index contributed by atoms with van der Waals surface area (Å²) < 4.78 is 0. The Labute approximate surface area is 124 Å². The summed E-state index contributed by atoms with van der Waals surface area (Å²) in [4.78, 5) is 14.4. The van der Waals surface area contributed by atoms with Crippen LogP contribution in [-0.2, 0) is 4.79 Å². The summed E-state index contributed by atoms with van der Waals surface area (Å²) in [5.74, 6) is 0.185. The Kier molecular flexibility index (Phi) is 7.52. The minimum Gasteiger partial charge on any atom is -0.356 e. The van der Waals surface area contributed by atoms with Gasteiger partial charge in [0.1, 0.15) is 0 Å². The predicted octanol–water partition coefficient (Wildman–Crippen LogP) is 2.13. The third-order valence-corrected chi connectivity index (χ3v) is 4.77. The Bertz CT molecular complexity index is 285. The SMILES string of the molecule is CC(C)N(C)CCCNC(=O)CC1(CN)CCCCC1. The maximum absolute atomic E-state index is 12.1. The van der Waals surface area contributed by atoms with E-state index in [1.807, 2.05) is 0 Å². The van der Waals surface area contributed by atoms with Crippen LogP contribution in [0.4, 0.5) is 0 Å². The van der Waals surface area contributed by atoms with Crippen molar-refractivity contribution in [3.05, 3.63) is 0 Å². The molecule has 1 rings (SSSR count). The molecule has 4 heteroatoms. The molecule has 1 fully saturated rings. The lowest BCUT2D eigenvalue weighted by molar-refractivity contribution is -0.123. The number of nitrogens with one attached hydrogen (secondary N) is 1. The zero-order chi connectivity index (χ0) is 15.0. The number of amides is 1. The topological polar surface area (TPSA) is 58.4 Å². The van der Waals surface area contributed by atoms with Gasteiger partial charge in [-0.05, 0) is 58.7 Å². The van der Waals surface area contributed by atoms with E-state index in [1.165, 1.54) is 19.3 Å². The van der Waals surface area contributed by atoms with Crippen molar-refractivity contribution in [2.75, 3.05) is 26.7 Å². The average Bonchev–Trinajstić information content (AvgIpc) is 2.44. The van der Waals surface area contributed by atoms with Gasteiger partial charge in [0, 0.05) is 19.0 Å². The van der Waals surface area contributed by atoms with Crippen molar-refractivity contribution < 1.29 is 4.79 Å². The molecule has 0 aliphatic heterocycles. The van der Waals surface area contributed by atoms with Crippen LogP contribution in [-0.4, -0.2) is 43.5 Å². The highest BCUT2D eigenvalue weighted by Gasteiger charge is 2.32. The molecule has 0 spiro atoms. The second-order valence-electron chi connectivity index (χ2n) is 6.72. The first-order valence-electron chi connectivity index (χ1n) is 8.16. The Balaban J connectivity index is 2.22. The lowest BCUT2D eigenvalue weighted by Crippen LogP contribution is -2.39. The van der Waals surface area contributed by atoms with Gasteiger partial charge in [0.05, 0.1) is 0 Å². The number of nitrogens with zero attached hydrogens (tertiary/aromatic N) is 1. The Morgan fingerprint density at radius 1 is 1.30 bits per heavy atom. The quantitative estimate of drug-likeness (QED) is 0.671. The van der Waals surface area contributed by atoms with Gasteiger partial charge in [-0.1, -0.05) is 19.3 Å². The van der Waals surface area contributed by atoms with E-state index < -0.39 is 0 Å². The molecule has 1 saturated carbocycles. The highest BCUT2D eigenvalue weighted by Crippen LogP contribution is 2.38. The molecule has 1 aliphatic carbocycles. The molecule has 3 N–H and O–H groups in total. The van der Waals surface area contributed by atoms with Crippen LogP contribution in [0.2, 0.25) is 0 Å². The maximum Gasteiger partial charge on any atom is 0.220 e. The average molecular weight is 283 g/mol. The maximum atomic E-state index is 12.1. The van der Waals surface area contributed by atoms with Crippen LogP contribution in [0.5, 0.6) is 0 Å². The summed E-state index contributed by atoms with van der Waals surface area (Å²) >= 11 is 0. The second-order valence-corrected chi connectivity index (χ2v) is 6.72. The van der Waals surface area contributed by atoms with E-state index in [4.69, 9.17) is 5.73 Å². The number of hydrogen-bond donors (Lipinski definition) is 2. The minimum atomic E-state index is 0.0804. The standard InChI is InChI=1S/C16H33N3O/c1-14(2)19(3)11-7-10-18-15(20)12-16(13-17)8-5-4-6-9-16/h14H,4-13,17H2,1-3H3,(H,18,20). The van der Waals surface area contributed by atoms with Crippen LogP contribution < -0.4 is 11.1 Å². The summed E-state index contributed by atoms with van der Waals surface area (Å²) in [5.41, 5.74) is 6.01. The van der Waals surface area contributed by atoms with Gasteiger partial charge in [0.25, 0.3) is 0 Å². The number of hydrogen-bond acceptors (Lipinski definition) is 3. The van der Waals surface area contributed by atoms with Crippen molar-refractivity contribution >= 4 is 5.91 Å². The molecule has 20 heavy (non-hydrogen) atoms. The first-order valence-corrected chi connectivity index (χ1v) is 8.16. The largest absolute Gasteiger partial charge is 0.356 e. The van der Waals surface area contributed by atoms with Crippen LogP contribution in [0.3, 0.4) is 0 Å². The van der Waals surface area contributed by atoms with Crippen molar-refractivity contribution in [3.63, 3.8) is 0 Å². The van der Waals surface area contributed by atoms with Crippen LogP contribution in [0.25, 0.3) is 0 Å². The van der Waals surface area contributed by atoms with Crippen molar-refractivity contribution in [1.29, 1.82) is 0 Å². The van der Waals surface area contributed by atoms with Gasteiger partial charge in [0.15, 0.2) is 0 Å². The highest BCUT2D eigenvalue weighted by molar-refractivity contribution is 5.76. The number of carbonyl (C=O) groups excluding carboxylic acids is 1. The molecule has 1 aliphatic rings. The van der Waals surface area contributed by atoms with Crippen LogP contribution in [0, 0.1) is 5.41 Å². The van der Waals surface area contributed by atoms with E-state index in [0.717, 1.165) is 32.4 Å². The zero-order valence-electron chi connectivity index (χ0n) is 13.6. The fourth-order valence-corrected chi connectivity index (χ4v) is 2.97. The van der Waals surface area contributed by atoms with Gasteiger partial charge in [0.2, 0.25) is 5.91 Å². The Morgan fingerprint density at radius 2 is 1.95 bits per heavy atom. The molecule has 0 atom stereocenters. The molecule has 0 aromatic carbocycles. The molecule has 0 unspecified atom stereocenters. The molecule has 0 radical (unpaired) electrons. The molecule has 0 saturated heterocycles. The monoisotopic (exact) mass is 283 g/mol. The normalized spacial score (nSPS) is 18.5. The second kappa shape index (κ2) is 8.63. The molecule has 118 valence electrons. The molecule has 0 heterocycles. The first-order chi connectivity index (χ1) is 9.49. The summed E-state index contributed by atoms with van der Waals surface area (Å²) in [6, 6.07) is 0.563. The smallest absolute Gasteiger partial charge is 0.220 e. The van der Waals surface area contributed by atoms with Crippen LogP contribution >= 0.6 is 0 Å². The van der Waals surface area contributed by atoms with E-state index >= 15 is 0 Å². The van der Waals surface area contributed by atoms with E-state index in [-0.39, 0.29) is 11.3 Å². The third kappa shape index (κ3) is 5.80. The summed E-state index contributed by atoms with van der Waals surface area (Å²) in [7, 11) is 2.12. The van der Waals surface area contributed by atoms with Crippen molar-refractivity contribution in [1.82, 2.24) is 10.2 Å². The molecular weight excluding hydrogens is 250 g/mol. The lowest BCUT2D eigenvalue weighted by Gasteiger charge is -2.35. The summed E-state index contributed by atoms with van der Waals surface area (Å²) in [6.45, 7) is 6.83. The summed E-state index contributed by atoms with van der Waals surface area (Å²) in [6.07, 6.45) is 7.61. The predicted molar refractivity (Wildman–Crippen MR) is 84.6 cm³/mol. The Hall–Kier alpha value is -0.610. The number of carbonyl (C=O) groups is 1. The van der Waals surface area contributed by atoms with Gasteiger partial charge >= 0.3 is 0 Å². The minimum absolute atomic E-state index is 0.0804. The van der Waals surface area contributed by atoms with Crippen molar-refractivity contribution in [2.45, 2.75) is 64.8 Å². The number of rotatable bonds is 8. The highest BCUT2D eigenvalue weighted by atomic mass is 16.1. The van der Waals surface area contributed by atoms with E-state index in [9.17, 15) is 4.79 Å². The molecule has 4 nitrogen and oxygen atoms in total. The number of nitrogens with two attached hydrogens (primary N) is 1. The van der Waals surface area contributed by atoms with E-state index in [0.29, 0.717) is 19.0 Å². The lowest BCUT2D eigenvalue weighted by atomic mass is 9.71. The van der Waals surface area contributed by atoms with Crippen molar-refractivity contribution in [3.8, 4) is 0 Å². The molecular formula is C16H33N3O. The van der Waals surface area contributed by atoms with Gasteiger partial charge in [-0.2, -0.15) is 0 Å². The van der Waals surface area contributed by atoms with Crippen LogP contribution in [0.15, 0.2) is 0 Å². The molecule has 0 bridgehead atoms. The first kappa shape index (κ1) is 17.4. The van der Waals surface area contributed by atoms with Gasteiger partial charge < -0.3 is 16.0 Å². The van der Waals surface area contributed by atoms with Crippen LogP contribution in [0.1, 0.15) is 58.8 Å². The molecule has 1 amide bonds. The van der Waals surface area contributed by atoms with E-state index in [2.05, 4.69) is 31.1 Å². The van der Waals surface area contributed by atoms with Gasteiger partial charge in [-0.3, -0.25) is 4.79 Å². The van der Waals surface area contributed by atoms with Gasteiger partial charge in [-0.15, -0.1) is 0 Å². The molecule has 0 aromatic heterocycles.